The first-order chi connectivity index (χ1) is 10.5. The van der Waals surface area contributed by atoms with E-state index in [2.05, 4.69) is 10.3 Å². The molecule has 7 heteroatoms. The number of furan rings is 1. The molecule has 0 saturated heterocycles. The van der Waals surface area contributed by atoms with Crippen molar-refractivity contribution in [3.63, 3.8) is 0 Å². The third-order valence-electron chi connectivity index (χ3n) is 3.07. The number of nitrogens with zero attached hydrogens (tertiary/aromatic N) is 1. The van der Waals surface area contributed by atoms with Crippen molar-refractivity contribution in [2.75, 3.05) is 13.7 Å². The van der Waals surface area contributed by atoms with E-state index in [0.717, 1.165) is 0 Å². The summed E-state index contributed by atoms with van der Waals surface area (Å²) in [6.45, 7) is 1.78. The number of aryl methyl sites for hydroxylation is 1. The second-order valence-electron chi connectivity index (χ2n) is 4.63. The average Bonchev–Trinajstić information content (AvgIpc) is 3.00. The van der Waals surface area contributed by atoms with Crippen LogP contribution in [0.3, 0.4) is 0 Å². The van der Waals surface area contributed by atoms with Crippen LogP contribution in [0.25, 0.3) is 0 Å². The van der Waals surface area contributed by atoms with Gasteiger partial charge in [0, 0.05) is 7.11 Å². The van der Waals surface area contributed by atoms with Crippen LogP contribution in [0.15, 0.2) is 34.9 Å². The number of aromatic nitrogens is 1. The Kier molecular flexibility index (Phi) is 4.90. The molecule has 2 rings (SSSR count). The van der Waals surface area contributed by atoms with Crippen LogP contribution in [0.5, 0.6) is 0 Å². The van der Waals surface area contributed by atoms with Crippen LogP contribution >= 0.6 is 0 Å². The lowest BCUT2D eigenvalue weighted by Crippen LogP contribution is -2.31. The van der Waals surface area contributed by atoms with Gasteiger partial charge in [-0.2, -0.15) is 0 Å². The quantitative estimate of drug-likeness (QED) is 0.843. The molecule has 0 aliphatic heterocycles. The number of carbonyl (C=O) groups is 2. The number of rotatable bonds is 6. The molecule has 0 aliphatic rings. The molecule has 0 aromatic carbocycles. The summed E-state index contributed by atoms with van der Waals surface area (Å²) in [7, 11) is 1.52. The molecule has 0 saturated carbocycles. The number of amides is 1. The van der Waals surface area contributed by atoms with Crippen molar-refractivity contribution in [2.45, 2.75) is 13.0 Å². The molecule has 116 valence electrons. The second kappa shape index (κ2) is 6.86. The van der Waals surface area contributed by atoms with Crippen molar-refractivity contribution in [3.05, 3.63) is 53.2 Å². The summed E-state index contributed by atoms with van der Waals surface area (Å²) in [5.41, 5.74) is 0.479. The van der Waals surface area contributed by atoms with Crippen molar-refractivity contribution in [3.8, 4) is 0 Å². The third kappa shape index (κ3) is 3.50. The van der Waals surface area contributed by atoms with E-state index >= 15 is 0 Å². The normalized spacial score (nSPS) is 11.9. The Morgan fingerprint density at radius 1 is 1.41 bits per heavy atom. The minimum atomic E-state index is -1.08. The van der Waals surface area contributed by atoms with E-state index in [1.54, 1.807) is 19.1 Å². The van der Waals surface area contributed by atoms with Gasteiger partial charge >= 0.3 is 5.97 Å². The number of ether oxygens (including phenoxy) is 1. The van der Waals surface area contributed by atoms with Gasteiger partial charge in [-0.25, -0.2) is 9.78 Å². The Labute approximate surface area is 126 Å². The predicted octanol–water partition coefficient (Wildman–Crippen LogP) is 1.80. The number of nitrogens with one attached hydrogen (secondary N) is 1. The van der Waals surface area contributed by atoms with Gasteiger partial charge in [0.25, 0.3) is 5.91 Å². The van der Waals surface area contributed by atoms with Gasteiger partial charge in [0.05, 0.1) is 24.1 Å². The average molecular weight is 304 g/mol. The number of methoxy groups -OCH3 is 1. The van der Waals surface area contributed by atoms with Crippen LogP contribution in [0.1, 0.15) is 38.3 Å². The number of pyridine rings is 1. The minimum Gasteiger partial charge on any atom is -0.478 e. The maximum absolute atomic E-state index is 12.2. The van der Waals surface area contributed by atoms with Crippen LogP contribution in [0.4, 0.5) is 0 Å². The number of carboxylic acids is 1. The smallest absolute Gasteiger partial charge is 0.337 e. The van der Waals surface area contributed by atoms with Gasteiger partial charge in [0.2, 0.25) is 0 Å². The molecule has 22 heavy (non-hydrogen) atoms. The summed E-state index contributed by atoms with van der Waals surface area (Å²) in [6.07, 6.45) is 1.51. The van der Waals surface area contributed by atoms with Gasteiger partial charge in [-0.15, -0.1) is 0 Å². The van der Waals surface area contributed by atoms with E-state index in [4.69, 9.17) is 14.3 Å². The Balaban J connectivity index is 2.17. The summed E-state index contributed by atoms with van der Waals surface area (Å²) in [6, 6.07) is 5.73. The van der Waals surface area contributed by atoms with Gasteiger partial charge < -0.3 is 19.6 Å². The molecular formula is C15H16N2O5. The summed E-state index contributed by atoms with van der Waals surface area (Å²) in [5, 5.41) is 11.7. The van der Waals surface area contributed by atoms with Crippen LogP contribution < -0.4 is 5.32 Å². The molecule has 1 amide bonds. The molecule has 2 aromatic rings. The highest BCUT2D eigenvalue weighted by Gasteiger charge is 2.20. The fourth-order valence-corrected chi connectivity index (χ4v) is 2.00. The SMILES string of the molecule is COCC(NC(=O)c1ccc(C(=O)O)c(C)n1)c1ccco1. The molecule has 0 spiro atoms. The Morgan fingerprint density at radius 2 is 2.18 bits per heavy atom. The van der Waals surface area contributed by atoms with Crippen LogP contribution in [0.2, 0.25) is 0 Å². The predicted molar refractivity (Wildman–Crippen MR) is 76.7 cm³/mol. The summed E-state index contributed by atoms with van der Waals surface area (Å²) in [5.74, 6) is -0.947. The molecule has 0 radical (unpaired) electrons. The van der Waals surface area contributed by atoms with Crippen molar-refractivity contribution >= 4 is 11.9 Å². The zero-order chi connectivity index (χ0) is 16.1. The van der Waals surface area contributed by atoms with Gasteiger partial charge in [0.1, 0.15) is 17.5 Å². The van der Waals surface area contributed by atoms with Crippen LogP contribution in [0, 0.1) is 6.92 Å². The summed E-state index contributed by atoms with van der Waals surface area (Å²) >= 11 is 0. The van der Waals surface area contributed by atoms with E-state index in [-0.39, 0.29) is 23.6 Å². The first-order valence-corrected chi connectivity index (χ1v) is 6.57. The number of hydrogen-bond donors (Lipinski definition) is 2. The largest absolute Gasteiger partial charge is 0.478 e. The van der Waals surface area contributed by atoms with Crippen molar-refractivity contribution < 1.29 is 23.8 Å². The Hall–Kier alpha value is -2.67. The van der Waals surface area contributed by atoms with E-state index in [1.165, 1.54) is 25.5 Å². The molecule has 0 aliphatic carbocycles. The highest BCUT2D eigenvalue weighted by atomic mass is 16.5. The van der Waals surface area contributed by atoms with Crippen LogP contribution in [-0.2, 0) is 4.74 Å². The summed E-state index contributed by atoms with van der Waals surface area (Å²) < 4.78 is 10.3. The maximum atomic E-state index is 12.2. The first kappa shape index (κ1) is 15.7. The Morgan fingerprint density at radius 3 is 2.73 bits per heavy atom. The van der Waals surface area contributed by atoms with Gasteiger partial charge in [-0.1, -0.05) is 0 Å². The minimum absolute atomic E-state index is 0.0658. The molecule has 0 bridgehead atoms. The van der Waals surface area contributed by atoms with Crippen molar-refractivity contribution in [2.24, 2.45) is 0 Å². The molecule has 7 nitrogen and oxygen atoms in total. The lowest BCUT2D eigenvalue weighted by Gasteiger charge is -2.15. The number of aromatic carboxylic acids is 1. The lowest BCUT2D eigenvalue weighted by atomic mass is 10.1. The third-order valence-corrected chi connectivity index (χ3v) is 3.07. The highest BCUT2D eigenvalue weighted by molar-refractivity contribution is 5.94. The highest BCUT2D eigenvalue weighted by Crippen LogP contribution is 2.15. The molecule has 1 unspecified atom stereocenters. The summed E-state index contributed by atoms with van der Waals surface area (Å²) in [4.78, 5) is 27.2. The number of hydrogen-bond acceptors (Lipinski definition) is 5. The van der Waals surface area contributed by atoms with E-state index in [9.17, 15) is 9.59 Å². The number of carbonyl (C=O) groups excluding carboxylic acids is 1. The topological polar surface area (TPSA) is 102 Å². The van der Waals surface area contributed by atoms with Gasteiger partial charge in [-0.3, -0.25) is 4.79 Å². The standard InChI is InChI=1S/C15H16N2O5/c1-9-10(15(19)20)5-6-11(16-9)14(18)17-12(8-21-2)13-4-3-7-22-13/h3-7,12H,8H2,1-2H3,(H,17,18)(H,19,20). The zero-order valence-corrected chi connectivity index (χ0v) is 12.2. The molecule has 0 fully saturated rings. The molecular weight excluding hydrogens is 288 g/mol. The van der Waals surface area contributed by atoms with Crippen LogP contribution in [-0.4, -0.2) is 35.7 Å². The molecule has 2 heterocycles. The van der Waals surface area contributed by atoms with E-state index in [1.807, 2.05) is 0 Å². The fourth-order valence-electron chi connectivity index (χ4n) is 2.00. The van der Waals surface area contributed by atoms with Crippen molar-refractivity contribution in [1.82, 2.24) is 10.3 Å². The first-order valence-electron chi connectivity index (χ1n) is 6.57. The fraction of sp³-hybridized carbons (Fsp3) is 0.267. The maximum Gasteiger partial charge on any atom is 0.337 e. The Bertz CT molecular complexity index is 667. The molecule has 1 atom stereocenters. The monoisotopic (exact) mass is 304 g/mol. The number of carboxylic acid groups (broad SMARTS) is 1. The van der Waals surface area contributed by atoms with Crippen molar-refractivity contribution in [1.29, 1.82) is 0 Å². The van der Waals surface area contributed by atoms with Gasteiger partial charge in [0.15, 0.2) is 0 Å². The lowest BCUT2D eigenvalue weighted by molar-refractivity contribution is 0.0694. The molecule has 2 N–H and O–H groups in total. The molecule has 2 aromatic heterocycles. The van der Waals surface area contributed by atoms with E-state index in [0.29, 0.717) is 5.76 Å². The van der Waals surface area contributed by atoms with Gasteiger partial charge in [-0.05, 0) is 31.2 Å². The second-order valence-corrected chi connectivity index (χ2v) is 4.63. The zero-order valence-electron chi connectivity index (χ0n) is 12.2. The van der Waals surface area contributed by atoms with E-state index < -0.39 is 17.9 Å².